The van der Waals surface area contributed by atoms with Crippen LogP contribution in [-0.4, -0.2) is 25.0 Å². The molecule has 0 fully saturated rings. The number of benzene rings is 1. The quantitative estimate of drug-likeness (QED) is 0.777. The van der Waals surface area contributed by atoms with Gasteiger partial charge in [-0.1, -0.05) is 18.2 Å². The van der Waals surface area contributed by atoms with Crippen LogP contribution in [0.25, 0.3) is 11.0 Å². The minimum Gasteiger partial charge on any atom is -0.467 e. The fourth-order valence-electron chi connectivity index (χ4n) is 2.20. The summed E-state index contributed by atoms with van der Waals surface area (Å²) in [5, 5.41) is 0.967. The molecular weight excluding hydrogens is 246 g/mol. The maximum atomic E-state index is 11.7. The molecule has 2 aromatic rings. The third-order valence-corrected chi connectivity index (χ3v) is 3.07. The standard InChI is InChI=1S/C14H13NO4/c1-8-15-12(14(16)17-2)13(18-8)11-7-9-5-3-4-6-10(9)19-11/h3-7,12-13H,1-2H3. The van der Waals surface area contributed by atoms with Gasteiger partial charge in [0.25, 0.3) is 0 Å². The van der Waals surface area contributed by atoms with E-state index in [0.717, 1.165) is 11.0 Å². The van der Waals surface area contributed by atoms with Crippen LogP contribution < -0.4 is 0 Å². The first-order valence-corrected chi connectivity index (χ1v) is 5.96. The molecule has 1 aromatic carbocycles. The monoisotopic (exact) mass is 259 g/mol. The van der Waals surface area contributed by atoms with Crippen molar-refractivity contribution in [2.45, 2.75) is 19.1 Å². The second kappa shape index (κ2) is 4.42. The highest BCUT2D eigenvalue weighted by atomic mass is 16.5. The van der Waals surface area contributed by atoms with Gasteiger partial charge >= 0.3 is 5.97 Å². The van der Waals surface area contributed by atoms with Crippen molar-refractivity contribution >= 4 is 22.8 Å². The summed E-state index contributed by atoms with van der Waals surface area (Å²) in [5.41, 5.74) is 0.759. The van der Waals surface area contributed by atoms with Gasteiger partial charge in [0.1, 0.15) is 11.3 Å². The fraction of sp³-hybridized carbons (Fsp3) is 0.286. The van der Waals surface area contributed by atoms with Crippen LogP contribution in [0.3, 0.4) is 0 Å². The molecule has 19 heavy (non-hydrogen) atoms. The molecule has 0 N–H and O–H groups in total. The van der Waals surface area contributed by atoms with Gasteiger partial charge in [0, 0.05) is 12.3 Å². The predicted molar refractivity (Wildman–Crippen MR) is 69.0 cm³/mol. The van der Waals surface area contributed by atoms with Crippen LogP contribution in [0, 0.1) is 0 Å². The van der Waals surface area contributed by atoms with E-state index in [0.29, 0.717) is 11.7 Å². The Morgan fingerprint density at radius 2 is 2.16 bits per heavy atom. The molecule has 98 valence electrons. The van der Waals surface area contributed by atoms with Gasteiger partial charge in [-0.25, -0.2) is 9.79 Å². The first-order chi connectivity index (χ1) is 9.19. The summed E-state index contributed by atoms with van der Waals surface area (Å²) >= 11 is 0. The van der Waals surface area contributed by atoms with Gasteiger partial charge in [0.2, 0.25) is 0 Å². The number of methoxy groups -OCH3 is 1. The molecule has 1 aromatic heterocycles. The number of nitrogens with zero attached hydrogens (tertiary/aromatic N) is 1. The molecule has 1 aliphatic heterocycles. The Morgan fingerprint density at radius 1 is 1.37 bits per heavy atom. The number of hydrogen-bond donors (Lipinski definition) is 0. The molecule has 3 rings (SSSR count). The van der Waals surface area contributed by atoms with E-state index >= 15 is 0 Å². The highest BCUT2D eigenvalue weighted by Crippen LogP contribution is 2.33. The van der Waals surface area contributed by atoms with E-state index in [1.165, 1.54) is 7.11 Å². The number of para-hydroxylation sites is 1. The Bertz CT molecular complexity index is 625. The zero-order valence-corrected chi connectivity index (χ0v) is 10.6. The average Bonchev–Trinajstić information content (AvgIpc) is 3.00. The maximum Gasteiger partial charge on any atom is 0.335 e. The van der Waals surface area contributed by atoms with Crippen molar-refractivity contribution in [3.8, 4) is 0 Å². The number of carbonyl (C=O) groups excluding carboxylic acids is 1. The van der Waals surface area contributed by atoms with Gasteiger partial charge in [-0.3, -0.25) is 0 Å². The lowest BCUT2D eigenvalue weighted by Crippen LogP contribution is -2.24. The highest BCUT2D eigenvalue weighted by molar-refractivity contribution is 5.86. The second-order valence-corrected chi connectivity index (χ2v) is 4.34. The Labute approximate surface area is 109 Å². The summed E-state index contributed by atoms with van der Waals surface area (Å²) in [6, 6.07) is 8.80. The van der Waals surface area contributed by atoms with Gasteiger partial charge < -0.3 is 13.9 Å². The Balaban J connectivity index is 1.98. The Morgan fingerprint density at radius 3 is 2.89 bits per heavy atom. The fourth-order valence-corrected chi connectivity index (χ4v) is 2.20. The zero-order valence-electron chi connectivity index (χ0n) is 10.6. The van der Waals surface area contributed by atoms with Crippen molar-refractivity contribution in [3.63, 3.8) is 0 Å². The molecule has 5 heteroatoms. The van der Waals surface area contributed by atoms with Crippen LogP contribution in [0.4, 0.5) is 0 Å². The number of carbonyl (C=O) groups is 1. The summed E-state index contributed by atoms with van der Waals surface area (Å²) in [7, 11) is 1.33. The lowest BCUT2D eigenvalue weighted by Gasteiger charge is -2.12. The number of esters is 1. The molecular formula is C14H13NO4. The van der Waals surface area contributed by atoms with Crippen LogP contribution in [0.2, 0.25) is 0 Å². The van der Waals surface area contributed by atoms with Crippen molar-refractivity contribution in [2.24, 2.45) is 4.99 Å². The topological polar surface area (TPSA) is 61.0 Å². The number of ether oxygens (including phenoxy) is 2. The molecule has 1 aliphatic rings. The van der Waals surface area contributed by atoms with Gasteiger partial charge in [-0.05, 0) is 12.1 Å². The van der Waals surface area contributed by atoms with Crippen LogP contribution in [-0.2, 0) is 14.3 Å². The van der Waals surface area contributed by atoms with E-state index in [-0.39, 0.29) is 0 Å². The van der Waals surface area contributed by atoms with Crippen molar-refractivity contribution in [3.05, 3.63) is 36.1 Å². The molecule has 0 radical (unpaired) electrons. The molecule has 0 aliphatic carbocycles. The highest BCUT2D eigenvalue weighted by Gasteiger charge is 2.39. The first kappa shape index (κ1) is 11.8. The third-order valence-electron chi connectivity index (χ3n) is 3.07. The normalized spacial score (nSPS) is 22.1. The Hall–Kier alpha value is -2.30. The average molecular weight is 259 g/mol. The van der Waals surface area contributed by atoms with E-state index in [9.17, 15) is 4.79 Å². The minimum atomic E-state index is -0.703. The van der Waals surface area contributed by atoms with Crippen molar-refractivity contribution in [2.75, 3.05) is 7.11 Å². The smallest absolute Gasteiger partial charge is 0.335 e. The first-order valence-electron chi connectivity index (χ1n) is 5.96. The lowest BCUT2D eigenvalue weighted by molar-refractivity contribution is -0.144. The van der Waals surface area contributed by atoms with Crippen LogP contribution in [0.15, 0.2) is 39.7 Å². The summed E-state index contributed by atoms with van der Waals surface area (Å²) in [6.45, 7) is 1.71. The molecule has 2 heterocycles. The molecule has 0 spiro atoms. The molecule has 0 saturated carbocycles. The molecule has 0 saturated heterocycles. The van der Waals surface area contributed by atoms with Gasteiger partial charge in [-0.15, -0.1) is 0 Å². The van der Waals surface area contributed by atoms with Crippen LogP contribution >= 0.6 is 0 Å². The van der Waals surface area contributed by atoms with Crippen molar-refractivity contribution in [1.29, 1.82) is 0 Å². The van der Waals surface area contributed by atoms with E-state index < -0.39 is 18.1 Å². The SMILES string of the molecule is COC(=O)C1N=C(C)OC1c1cc2ccccc2o1. The van der Waals surface area contributed by atoms with Crippen molar-refractivity contribution in [1.82, 2.24) is 0 Å². The molecule has 5 nitrogen and oxygen atoms in total. The molecule has 0 bridgehead atoms. The minimum absolute atomic E-state index is 0.428. The Kier molecular flexibility index (Phi) is 2.74. The summed E-state index contributed by atoms with van der Waals surface area (Å²) in [4.78, 5) is 15.9. The third kappa shape index (κ3) is 1.97. The van der Waals surface area contributed by atoms with Crippen LogP contribution in [0.1, 0.15) is 18.8 Å². The molecule has 0 amide bonds. The van der Waals surface area contributed by atoms with Crippen LogP contribution in [0.5, 0.6) is 0 Å². The predicted octanol–water partition coefficient (Wildman–Crippen LogP) is 2.46. The van der Waals surface area contributed by atoms with E-state index in [2.05, 4.69) is 4.99 Å². The van der Waals surface area contributed by atoms with Gasteiger partial charge in [0.15, 0.2) is 18.0 Å². The second-order valence-electron chi connectivity index (χ2n) is 4.34. The van der Waals surface area contributed by atoms with Crippen molar-refractivity contribution < 1.29 is 18.7 Å². The molecule has 2 atom stereocenters. The summed E-state index contributed by atoms with van der Waals surface area (Å²) < 4.78 is 16.0. The number of aliphatic imine (C=N–C) groups is 1. The number of hydrogen-bond acceptors (Lipinski definition) is 5. The van der Waals surface area contributed by atoms with E-state index in [4.69, 9.17) is 13.9 Å². The number of furan rings is 1. The van der Waals surface area contributed by atoms with E-state index in [1.54, 1.807) is 6.92 Å². The zero-order chi connectivity index (χ0) is 13.4. The summed E-state index contributed by atoms with van der Waals surface area (Å²) in [6.07, 6.45) is -0.556. The molecule has 2 unspecified atom stereocenters. The maximum absolute atomic E-state index is 11.7. The number of fused-ring (bicyclic) bond motifs is 1. The number of rotatable bonds is 2. The van der Waals surface area contributed by atoms with E-state index in [1.807, 2.05) is 30.3 Å². The lowest BCUT2D eigenvalue weighted by atomic mass is 10.1. The van der Waals surface area contributed by atoms with Gasteiger partial charge in [-0.2, -0.15) is 0 Å². The summed E-state index contributed by atoms with van der Waals surface area (Å²) in [5.74, 6) is 0.611. The largest absolute Gasteiger partial charge is 0.467 e. The van der Waals surface area contributed by atoms with Gasteiger partial charge in [0.05, 0.1) is 7.11 Å².